The van der Waals surface area contributed by atoms with Crippen LogP contribution in [0.1, 0.15) is 12.5 Å². The number of carbonyl (C=O) groups is 1. The number of hydrogen-bond acceptors (Lipinski definition) is 2. The molecule has 0 spiro atoms. The summed E-state index contributed by atoms with van der Waals surface area (Å²) >= 11 is 8.96. The van der Waals surface area contributed by atoms with Crippen LogP contribution in [0.25, 0.3) is 0 Å². The van der Waals surface area contributed by atoms with Crippen LogP contribution in [0.3, 0.4) is 0 Å². The lowest BCUT2D eigenvalue weighted by Gasteiger charge is -2.17. The third kappa shape index (κ3) is 5.06. The van der Waals surface area contributed by atoms with E-state index in [1.165, 1.54) is 0 Å². The lowest BCUT2D eigenvalue weighted by atomic mass is 10.1. The molecule has 0 bridgehead atoms. The molecule has 0 saturated heterocycles. The van der Waals surface area contributed by atoms with Crippen LogP contribution in [0.2, 0.25) is 5.02 Å². The maximum absolute atomic E-state index is 11.5. The fraction of sp³-hybridized carbons (Fsp3) is 0.417. The zero-order valence-electron chi connectivity index (χ0n) is 9.49. The Labute approximate surface area is 114 Å². The molecule has 94 valence electrons. The van der Waals surface area contributed by atoms with Crippen LogP contribution in [0.15, 0.2) is 24.3 Å². The number of aliphatic hydroxyl groups excluding tert-OH is 1. The van der Waals surface area contributed by atoms with Crippen LogP contribution in [-0.2, 0) is 11.2 Å². The van der Waals surface area contributed by atoms with Crippen molar-refractivity contribution in [3.8, 4) is 0 Å². The summed E-state index contributed by atoms with van der Waals surface area (Å²) in [6, 6.07) is 7.08. The van der Waals surface area contributed by atoms with Crippen LogP contribution in [-0.4, -0.2) is 28.5 Å². The van der Waals surface area contributed by atoms with Crippen molar-refractivity contribution in [2.75, 3.05) is 6.61 Å². The summed E-state index contributed by atoms with van der Waals surface area (Å²) < 4.78 is 0. The topological polar surface area (TPSA) is 49.3 Å². The highest BCUT2D eigenvalue weighted by Crippen LogP contribution is 2.11. The van der Waals surface area contributed by atoms with Crippen LogP contribution in [0.4, 0.5) is 0 Å². The first-order valence-corrected chi connectivity index (χ1v) is 6.62. The van der Waals surface area contributed by atoms with Gasteiger partial charge in [0.1, 0.15) is 0 Å². The molecule has 17 heavy (non-hydrogen) atoms. The van der Waals surface area contributed by atoms with Crippen LogP contribution in [0.5, 0.6) is 0 Å². The number of benzene rings is 1. The predicted molar refractivity (Wildman–Crippen MR) is 72.6 cm³/mol. The van der Waals surface area contributed by atoms with E-state index in [1.807, 2.05) is 12.1 Å². The molecule has 2 unspecified atom stereocenters. The van der Waals surface area contributed by atoms with Crippen molar-refractivity contribution >= 4 is 33.4 Å². The Morgan fingerprint density at radius 3 is 2.53 bits per heavy atom. The minimum Gasteiger partial charge on any atom is -0.394 e. The molecular weight excluding hydrogens is 305 g/mol. The molecule has 0 aliphatic heterocycles. The van der Waals surface area contributed by atoms with Crippen molar-refractivity contribution in [1.82, 2.24) is 5.32 Å². The quantitative estimate of drug-likeness (QED) is 0.817. The molecule has 1 aromatic rings. The van der Waals surface area contributed by atoms with E-state index in [1.54, 1.807) is 19.1 Å². The monoisotopic (exact) mass is 319 g/mol. The number of alkyl halides is 1. The summed E-state index contributed by atoms with van der Waals surface area (Å²) in [5.41, 5.74) is 1.02. The van der Waals surface area contributed by atoms with E-state index in [9.17, 15) is 9.90 Å². The van der Waals surface area contributed by atoms with Crippen LogP contribution >= 0.6 is 27.5 Å². The average molecular weight is 321 g/mol. The SMILES string of the molecule is CC(Br)C(=O)NC(CO)Cc1ccc(Cl)cc1. The number of halogens is 2. The van der Waals surface area contributed by atoms with E-state index >= 15 is 0 Å². The van der Waals surface area contributed by atoms with Gasteiger partial charge in [0, 0.05) is 5.02 Å². The van der Waals surface area contributed by atoms with Gasteiger partial charge < -0.3 is 10.4 Å². The first-order valence-electron chi connectivity index (χ1n) is 5.32. The summed E-state index contributed by atoms with van der Waals surface area (Å²) in [5, 5.41) is 12.7. The molecule has 0 saturated carbocycles. The third-order valence-corrected chi connectivity index (χ3v) is 2.99. The van der Waals surface area contributed by atoms with Gasteiger partial charge in [-0.05, 0) is 31.0 Å². The van der Waals surface area contributed by atoms with Crippen molar-refractivity contribution in [2.45, 2.75) is 24.2 Å². The molecule has 2 N–H and O–H groups in total. The van der Waals surface area contributed by atoms with Gasteiger partial charge in [-0.25, -0.2) is 0 Å². The summed E-state index contributed by atoms with van der Waals surface area (Å²) in [5.74, 6) is -0.127. The highest BCUT2D eigenvalue weighted by Gasteiger charge is 2.15. The lowest BCUT2D eigenvalue weighted by Crippen LogP contribution is -2.42. The van der Waals surface area contributed by atoms with Gasteiger partial charge >= 0.3 is 0 Å². The molecule has 0 aliphatic rings. The standard InChI is InChI=1S/C12H15BrClNO2/c1-8(13)12(17)15-11(7-16)6-9-2-4-10(14)5-3-9/h2-5,8,11,16H,6-7H2,1H3,(H,15,17). The second kappa shape index (κ2) is 6.99. The van der Waals surface area contributed by atoms with Gasteiger partial charge in [0.05, 0.1) is 17.5 Å². The zero-order valence-corrected chi connectivity index (χ0v) is 11.8. The fourth-order valence-electron chi connectivity index (χ4n) is 1.38. The van der Waals surface area contributed by atoms with Gasteiger partial charge in [-0.15, -0.1) is 0 Å². The molecule has 1 rings (SSSR count). The third-order valence-electron chi connectivity index (χ3n) is 2.32. The molecule has 1 aromatic carbocycles. The minimum absolute atomic E-state index is 0.0892. The van der Waals surface area contributed by atoms with Gasteiger partial charge in [-0.3, -0.25) is 4.79 Å². The molecule has 0 aliphatic carbocycles. The smallest absolute Gasteiger partial charge is 0.233 e. The summed E-state index contributed by atoms with van der Waals surface area (Å²) in [7, 11) is 0. The molecule has 1 amide bonds. The normalized spacial score (nSPS) is 14.1. The summed E-state index contributed by atoms with van der Waals surface area (Å²) in [6.45, 7) is 1.65. The number of amides is 1. The highest BCUT2D eigenvalue weighted by atomic mass is 79.9. The second-order valence-electron chi connectivity index (χ2n) is 3.83. The fourth-order valence-corrected chi connectivity index (χ4v) is 1.64. The molecule has 3 nitrogen and oxygen atoms in total. The molecule has 2 atom stereocenters. The number of hydrogen-bond donors (Lipinski definition) is 2. The first-order chi connectivity index (χ1) is 8.02. The van der Waals surface area contributed by atoms with E-state index in [-0.39, 0.29) is 23.4 Å². The van der Waals surface area contributed by atoms with Crippen molar-refractivity contribution < 1.29 is 9.90 Å². The number of aliphatic hydroxyl groups is 1. The summed E-state index contributed by atoms with van der Waals surface area (Å²) in [4.78, 5) is 11.2. The molecule has 0 radical (unpaired) electrons. The average Bonchev–Trinajstić information content (AvgIpc) is 2.30. The van der Waals surface area contributed by atoms with E-state index in [0.717, 1.165) is 5.56 Å². The van der Waals surface area contributed by atoms with Gasteiger partial charge in [0.15, 0.2) is 0 Å². The second-order valence-corrected chi connectivity index (χ2v) is 5.64. The Hall–Kier alpha value is -0.580. The predicted octanol–water partition coefficient (Wildman–Crippen LogP) is 2.14. The van der Waals surface area contributed by atoms with Crippen molar-refractivity contribution in [3.05, 3.63) is 34.9 Å². The molecule has 0 fully saturated rings. The van der Waals surface area contributed by atoms with Gasteiger partial charge in [0.25, 0.3) is 0 Å². The number of rotatable bonds is 5. The van der Waals surface area contributed by atoms with Gasteiger partial charge in [-0.2, -0.15) is 0 Å². The Morgan fingerprint density at radius 1 is 1.47 bits per heavy atom. The first kappa shape index (κ1) is 14.5. The Balaban J connectivity index is 2.57. The molecule has 5 heteroatoms. The van der Waals surface area contributed by atoms with E-state index in [4.69, 9.17) is 11.6 Å². The zero-order chi connectivity index (χ0) is 12.8. The Morgan fingerprint density at radius 2 is 2.06 bits per heavy atom. The minimum atomic E-state index is -0.274. The van der Waals surface area contributed by atoms with E-state index in [0.29, 0.717) is 11.4 Å². The number of carbonyl (C=O) groups excluding carboxylic acids is 1. The maximum Gasteiger partial charge on any atom is 0.233 e. The van der Waals surface area contributed by atoms with Crippen molar-refractivity contribution in [3.63, 3.8) is 0 Å². The highest BCUT2D eigenvalue weighted by molar-refractivity contribution is 9.10. The van der Waals surface area contributed by atoms with Crippen LogP contribution < -0.4 is 5.32 Å². The largest absolute Gasteiger partial charge is 0.394 e. The lowest BCUT2D eigenvalue weighted by molar-refractivity contribution is -0.121. The van der Waals surface area contributed by atoms with Gasteiger partial charge in [-0.1, -0.05) is 39.7 Å². The van der Waals surface area contributed by atoms with E-state index in [2.05, 4.69) is 21.2 Å². The molecular formula is C12H15BrClNO2. The van der Waals surface area contributed by atoms with Gasteiger partial charge in [0.2, 0.25) is 5.91 Å². The molecule has 0 heterocycles. The molecule has 0 aromatic heterocycles. The number of nitrogens with one attached hydrogen (secondary N) is 1. The van der Waals surface area contributed by atoms with Crippen molar-refractivity contribution in [2.24, 2.45) is 0 Å². The van der Waals surface area contributed by atoms with Crippen molar-refractivity contribution in [1.29, 1.82) is 0 Å². The van der Waals surface area contributed by atoms with E-state index < -0.39 is 0 Å². The Bertz CT molecular complexity index is 367. The summed E-state index contributed by atoms with van der Waals surface area (Å²) in [6.07, 6.45) is 0.582. The Kier molecular flexibility index (Phi) is 5.95. The maximum atomic E-state index is 11.5. The van der Waals surface area contributed by atoms with Crippen LogP contribution in [0, 0.1) is 0 Å².